The Balaban J connectivity index is 1.88. The van der Waals surface area contributed by atoms with Gasteiger partial charge in [0.1, 0.15) is 5.75 Å². The summed E-state index contributed by atoms with van der Waals surface area (Å²) in [4.78, 5) is 0. The molecule has 2 rings (SSSR count). The Hall–Kier alpha value is -1.32. The van der Waals surface area contributed by atoms with Crippen LogP contribution in [0.3, 0.4) is 0 Å². The summed E-state index contributed by atoms with van der Waals surface area (Å²) in [5, 5.41) is 13.7. The average Bonchev–Trinajstić information content (AvgIpc) is 2.82. The summed E-state index contributed by atoms with van der Waals surface area (Å²) in [6.07, 6.45) is 0.470. The van der Waals surface area contributed by atoms with Gasteiger partial charge in [-0.2, -0.15) is 11.3 Å². The number of rotatable bonds is 5. The molecule has 0 saturated carbocycles. The number of benzene rings is 1. The monoisotopic (exact) mass is 248 g/mol. The van der Waals surface area contributed by atoms with Crippen LogP contribution in [0.15, 0.2) is 41.1 Å². The van der Waals surface area contributed by atoms with Gasteiger partial charge in [0, 0.05) is 6.42 Å². The largest absolute Gasteiger partial charge is 0.493 e. The zero-order valence-corrected chi connectivity index (χ0v) is 10.6. The minimum atomic E-state index is -0.449. The van der Waals surface area contributed by atoms with E-state index in [9.17, 15) is 5.11 Å². The summed E-state index contributed by atoms with van der Waals surface area (Å²) in [5.74, 6) is 0.818. The van der Waals surface area contributed by atoms with Crippen LogP contribution in [0.1, 0.15) is 24.2 Å². The molecule has 90 valence electrons. The molecule has 0 unspecified atom stereocenters. The zero-order chi connectivity index (χ0) is 12.1. The van der Waals surface area contributed by atoms with Gasteiger partial charge < -0.3 is 9.84 Å². The fraction of sp³-hybridized carbons (Fsp3) is 0.286. The second kappa shape index (κ2) is 5.84. The molecule has 17 heavy (non-hydrogen) atoms. The van der Waals surface area contributed by atoms with Gasteiger partial charge in [0.05, 0.1) is 12.7 Å². The van der Waals surface area contributed by atoms with Crippen LogP contribution in [0.25, 0.3) is 0 Å². The Morgan fingerprint density at radius 2 is 2.24 bits per heavy atom. The third-order valence-corrected chi connectivity index (χ3v) is 3.31. The van der Waals surface area contributed by atoms with Crippen molar-refractivity contribution in [2.45, 2.75) is 19.4 Å². The maximum absolute atomic E-state index is 9.47. The van der Waals surface area contributed by atoms with E-state index in [1.165, 1.54) is 5.56 Å². The summed E-state index contributed by atoms with van der Waals surface area (Å²) in [5.41, 5.74) is 2.19. The molecule has 2 aromatic rings. The third-order valence-electron chi connectivity index (χ3n) is 2.58. The summed E-state index contributed by atoms with van der Waals surface area (Å²) >= 11 is 1.70. The predicted octanol–water partition coefficient (Wildman–Crippen LogP) is 3.42. The highest BCUT2D eigenvalue weighted by atomic mass is 32.1. The second-order valence-electron chi connectivity index (χ2n) is 3.98. The molecule has 0 amide bonds. The average molecular weight is 248 g/mol. The van der Waals surface area contributed by atoms with Gasteiger partial charge in [-0.25, -0.2) is 0 Å². The SMILES string of the molecule is C[C@@H](O)c1cccc(OCCc2ccsc2)c1. The molecule has 1 N–H and O–H groups in total. The van der Waals surface area contributed by atoms with Gasteiger partial charge in [0.15, 0.2) is 0 Å². The van der Waals surface area contributed by atoms with Crippen LogP contribution in [0.5, 0.6) is 5.75 Å². The number of ether oxygens (including phenoxy) is 1. The number of hydrogen-bond donors (Lipinski definition) is 1. The van der Waals surface area contributed by atoms with Crippen LogP contribution in [0, 0.1) is 0 Å². The van der Waals surface area contributed by atoms with Gasteiger partial charge >= 0.3 is 0 Å². The smallest absolute Gasteiger partial charge is 0.119 e. The van der Waals surface area contributed by atoms with Gasteiger partial charge in [-0.3, -0.25) is 0 Å². The van der Waals surface area contributed by atoms with Crippen LogP contribution in [0.4, 0.5) is 0 Å². The highest BCUT2D eigenvalue weighted by Crippen LogP contribution is 2.19. The van der Waals surface area contributed by atoms with Gasteiger partial charge in [-0.15, -0.1) is 0 Å². The van der Waals surface area contributed by atoms with E-state index < -0.39 is 6.10 Å². The molecule has 1 aromatic heterocycles. The molecular formula is C14H16O2S. The number of hydrogen-bond acceptors (Lipinski definition) is 3. The molecule has 1 heterocycles. The van der Waals surface area contributed by atoms with Crippen molar-refractivity contribution in [3.8, 4) is 5.75 Å². The van der Waals surface area contributed by atoms with E-state index in [2.05, 4.69) is 16.8 Å². The van der Waals surface area contributed by atoms with Crippen LogP contribution in [-0.2, 0) is 6.42 Å². The minimum absolute atomic E-state index is 0.449. The quantitative estimate of drug-likeness (QED) is 0.878. The van der Waals surface area contributed by atoms with Gasteiger partial charge in [0.2, 0.25) is 0 Å². The lowest BCUT2D eigenvalue weighted by molar-refractivity contribution is 0.198. The summed E-state index contributed by atoms with van der Waals surface area (Å²) in [6.45, 7) is 2.42. The molecular weight excluding hydrogens is 232 g/mol. The fourth-order valence-electron chi connectivity index (χ4n) is 1.59. The van der Waals surface area contributed by atoms with Crippen molar-refractivity contribution < 1.29 is 9.84 Å². The van der Waals surface area contributed by atoms with Crippen LogP contribution < -0.4 is 4.74 Å². The zero-order valence-electron chi connectivity index (χ0n) is 9.80. The summed E-state index contributed by atoms with van der Waals surface area (Å²) in [7, 11) is 0. The lowest BCUT2D eigenvalue weighted by atomic mass is 10.1. The van der Waals surface area contributed by atoms with Crippen molar-refractivity contribution in [1.82, 2.24) is 0 Å². The molecule has 2 nitrogen and oxygen atoms in total. The van der Waals surface area contributed by atoms with Crippen molar-refractivity contribution in [2.75, 3.05) is 6.61 Å². The van der Waals surface area contributed by atoms with Crippen LogP contribution in [0.2, 0.25) is 0 Å². The van der Waals surface area contributed by atoms with Crippen LogP contribution in [-0.4, -0.2) is 11.7 Å². The molecule has 0 aliphatic rings. The van der Waals surface area contributed by atoms with E-state index >= 15 is 0 Å². The van der Waals surface area contributed by atoms with Crippen molar-refractivity contribution in [1.29, 1.82) is 0 Å². The van der Waals surface area contributed by atoms with Gasteiger partial charge in [-0.1, -0.05) is 12.1 Å². The predicted molar refractivity (Wildman–Crippen MR) is 70.6 cm³/mol. The lowest BCUT2D eigenvalue weighted by Gasteiger charge is -2.09. The maximum atomic E-state index is 9.47. The Morgan fingerprint density at radius 1 is 1.35 bits per heavy atom. The fourth-order valence-corrected chi connectivity index (χ4v) is 2.29. The standard InChI is InChI=1S/C14H16O2S/c1-11(15)13-3-2-4-14(9-13)16-7-5-12-6-8-17-10-12/h2-4,6,8-11,15H,5,7H2,1H3/t11-/m1/s1. The van der Waals surface area contributed by atoms with Crippen molar-refractivity contribution >= 4 is 11.3 Å². The van der Waals surface area contributed by atoms with E-state index in [1.54, 1.807) is 18.3 Å². The number of aliphatic hydroxyl groups is 1. The molecule has 0 radical (unpaired) electrons. The van der Waals surface area contributed by atoms with E-state index in [1.807, 2.05) is 24.3 Å². The van der Waals surface area contributed by atoms with Crippen molar-refractivity contribution in [3.63, 3.8) is 0 Å². The molecule has 0 aliphatic heterocycles. The first-order valence-corrected chi connectivity index (χ1v) is 6.62. The summed E-state index contributed by atoms with van der Waals surface area (Å²) in [6, 6.07) is 9.72. The molecule has 0 aliphatic carbocycles. The van der Waals surface area contributed by atoms with E-state index in [0.717, 1.165) is 17.7 Å². The van der Waals surface area contributed by atoms with Crippen molar-refractivity contribution in [3.05, 3.63) is 52.2 Å². The first-order chi connectivity index (χ1) is 8.25. The first kappa shape index (κ1) is 12.1. The topological polar surface area (TPSA) is 29.5 Å². The molecule has 0 bridgehead atoms. The minimum Gasteiger partial charge on any atom is -0.493 e. The molecule has 0 saturated heterocycles. The number of thiophene rings is 1. The second-order valence-corrected chi connectivity index (χ2v) is 4.76. The Morgan fingerprint density at radius 3 is 2.94 bits per heavy atom. The van der Waals surface area contributed by atoms with E-state index in [4.69, 9.17) is 4.74 Å². The molecule has 0 spiro atoms. The van der Waals surface area contributed by atoms with E-state index in [-0.39, 0.29) is 0 Å². The first-order valence-electron chi connectivity index (χ1n) is 5.67. The number of aliphatic hydroxyl groups excluding tert-OH is 1. The highest BCUT2D eigenvalue weighted by Gasteiger charge is 2.02. The molecule has 0 fully saturated rings. The molecule has 1 aromatic carbocycles. The van der Waals surface area contributed by atoms with Crippen molar-refractivity contribution in [2.24, 2.45) is 0 Å². The van der Waals surface area contributed by atoms with Gasteiger partial charge in [-0.05, 0) is 47.0 Å². The maximum Gasteiger partial charge on any atom is 0.119 e. The van der Waals surface area contributed by atoms with Crippen LogP contribution >= 0.6 is 11.3 Å². The van der Waals surface area contributed by atoms with E-state index in [0.29, 0.717) is 6.61 Å². The Labute approximate surface area is 105 Å². The normalized spacial score (nSPS) is 12.4. The third kappa shape index (κ3) is 3.58. The Bertz CT molecular complexity index is 449. The summed E-state index contributed by atoms with van der Waals surface area (Å²) < 4.78 is 5.66. The van der Waals surface area contributed by atoms with Gasteiger partial charge in [0.25, 0.3) is 0 Å². The molecule has 3 heteroatoms. The lowest BCUT2D eigenvalue weighted by Crippen LogP contribution is -2.01. The highest BCUT2D eigenvalue weighted by molar-refractivity contribution is 7.07. The Kier molecular flexibility index (Phi) is 4.18. The molecule has 1 atom stereocenters.